The second kappa shape index (κ2) is 8.89. The zero-order chi connectivity index (χ0) is 15.0. The number of thioether (sulfide) groups is 1. The third-order valence-corrected chi connectivity index (χ3v) is 5.39. The maximum Gasteiger partial charge on any atom is 0.240 e. The van der Waals surface area contributed by atoms with Crippen molar-refractivity contribution in [2.75, 3.05) is 18.6 Å². The van der Waals surface area contributed by atoms with Crippen LogP contribution in [0.2, 0.25) is 5.02 Å². The van der Waals surface area contributed by atoms with Gasteiger partial charge < -0.3 is 5.73 Å². The molecule has 0 saturated heterocycles. The topological polar surface area (TPSA) is 72.2 Å². The Morgan fingerprint density at radius 2 is 2.05 bits per heavy atom. The molecule has 0 aromatic heterocycles. The molecular formula is C13H21ClN2O2S2. The monoisotopic (exact) mass is 336 g/mol. The van der Waals surface area contributed by atoms with Crippen molar-refractivity contribution in [1.82, 2.24) is 4.72 Å². The Hall–Kier alpha value is -0.270. The molecule has 0 atom stereocenters. The Balaban J connectivity index is 2.56. The first-order chi connectivity index (χ1) is 9.51. The first-order valence-corrected chi connectivity index (χ1v) is 9.74. The van der Waals surface area contributed by atoms with Crippen molar-refractivity contribution >= 4 is 33.4 Å². The first-order valence-electron chi connectivity index (χ1n) is 6.48. The van der Waals surface area contributed by atoms with Crippen LogP contribution in [0, 0.1) is 0 Å². The van der Waals surface area contributed by atoms with Crippen LogP contribution in [0.5, 0.6) is 0 Å². The fraction of sp³-hybridized carbons (Fsp3) is 0.538. The lowest BCUT2D eigenvalue weighted by Crippen LogP contribution is -2.25. The van der Waals surface area contributed by atoms with Crippen LogP contribution in [0.1, 0.15) is 24.8 Å². The highest BCUT2D eigenvalue weighted by atomic mass is 35.5. The molecule has 0 bridgehead atoms. The van der Waals surface area contributed by atoms with E-state index in [1.165, 1.54) is 12.1 Å². The molecule has 0 aliphatic heterocycles. The number of hydrogen-bond donors (Lipinski definition) is 2. The number of nitrogens with one attached hydrogen (secondary N) is 1. The van der Waals surface area contributed by atoms with E-state index in [4.69, 9.17) is 17.3 Å². The molecular weight excluding hydrogens is 316 g/mol. The maximum atomic E-state index is 12.1. The molecule has 1 aromatic carbocycles. The van der Waals surface area contributed by atoms with Gasteiger partial charge in [0.1, 0.15) is 0 Å². The van der Waals surface area contributed by atoms with Crippen LogP contribution < -0.4 is 10.5 Å². The van der Waals surface area contributed by atoms with Gasteiger partial charge in [0, 0.05) is 18.1 Å². The summed E-state index contributed by atoms with van der Waals surface area (Å²) in [6.45, 7) is 0.675. The zero-order valence-electron chi connectivity index (χ0n) is 11.6. The van der Waals surface area contributed by atoms with Crippen LogP contribution in [-0.4, -0.2) is 27.0 Å². The smallest absolute Gasteiger partial charge is 0.240 e. The molecule has 0 heterocycles. The van der Waals surface area contributed by atoms with Gasteiger partial charge in [-0.15, -0.1) is 0 Å². The Kier molecular flexibility index (Phi) is 7.91. The van der Waals surface area contributed by atoms with Crippen molar-refractivity contribution in [2.24, 2.45) is 5.73 Å². The summed E-state index contributed by atoms with van der Waals surface area (Å²) in [4.78, 5) is 0.214. The maximum absolute atomic E-state index is 12.1. The summed E-state index contributed by atoms with van der Waals surface area (Å²) in [5.41, 5.74) is 6.16. The highest BCUT2D eigenvalue weighted by molar-refractivity contribution is 7.98. The molecule has 114 valence electrons. The summed E-state index contributed by atoms with van der Waals surface area (Å²) < 4.78 is 26.8. The van der Waals surface area contributed by atoms with Gasteiger partial charge in [0.2, 0.25) is 10.0 Å². The van der Waals surface area contributed by atoms with Gasteiger partial charge in [-0.1, -0.05) is 18.0 Å². The van der Waals surface area contributed by atoms with Crippen LogP contribution in [0.4, 0.5) is 0 Å². The summed E-state index contributed by atoms with van der Waals surface area (Å²) >= 11 is 7.73. The second-order valence-electron chi connectivity index (χ2n) is 4.41. The van der Waals surface area contributed by atoms with E-state index in [1.807, 2.05) is 0 Å². The molecule has 0 radical (unpaired) electrons. The van der Waals surface area contributed by atoms with Gasteiger partial charge >= 0.3 is 0 Å². The normalized spacial score (nSPS) is 11.8. The molecule has 0 saturated carbocycles. The van der Waals surface area contributed by atoms with E-state index in [0.29, 0.717) is 17.1 Å². The molecule has 0 fully saturated rings. The van der Waals surface area contributed by atoms with Crippen LogP contribution in [-0.2, 0) is 16.6 Å². The number of sulfonamides is 1. The molecule has 1 rings (SSSR count). The molecule has 0 aliphatic carbocycles. The number of unbranched alkanes of at least 4 members (excludes halogenated alkanes) is 2. The Morgan fingerprint density at radius 1 is 1.30 bits per heavy atom. The molecule has 7 heteroatoms. The summed E-state index contributed by atoms with van der Waals surface area (Å²) in [5, 5.41) is 0.489. The van der Waals surface area contributed by atoms with Crippen molar-refractivity contribution in [3.63, 3.8) is 0 Å². The fourth-order valence-electron chi connectivity index (χ4n) is 1.71. The lowest BCUT2D eigenvalue weighted by atomic mass is 10.2. The van der Waals surface area contributed by atoms with Crippen molar-refractivity contribution in [3.05, 3.63) is 28.8 Å². The average Bonchev–Trinajstić information content (AvgIpc) is 2.43. The standard InChI is InChI=1S/C13H21ClN2O2S2/c1-19-8-4-2-3-7-16-20(17,18)12-5-6-13(14)11(9-12)10-15/h5-6,9,16H,2-4,7-8,10,15H2,1H3. The highest BCUT2D eigenvalue weighted by Gasteiger charge is 2.14. The Bertz CT molecular complexity index is 521. The Morgan fingerprint density at radius 3 is 2.70 bits per heavy atom. The molecule has 20 heavy (non-hydrogen) atoms. The summed E-state index contributed by atoms with van der Waals surface area (Å²) in [6.07, 6.45) is 5.05. The fourth-order valence-corrected chi connectivity index (χ4v) is 3.52. The van der Waals surface area contributed by atoms with Crippen molar-refractivity contribution < 1.29 is 8.42 Å². The van der Waals surface area contributed by atoms with Crippen LogP contribution in [0.25, 0.3) is 0 Å². The molecule has 0 spiro atoms. The lowest BCUT2D eigenvalue weighted by Gasteiger charge is -2.09. The van der Waals surface area contributed by atoms with E-state index in [0.717, 1.165) is 25.0 Å². The van der Waals surface area contributed by atoms with Gasteiger partial charge in [-0.2, -0.15) is 11.8 Å². The van der Waals surface area contributed by atoms with Crippen molar-refractivity contribution in [1.29, 1.82) is 0 Å². The largest absolute Gasteiger partial charge is 0.326 e. The Labute approximate surface area is 130 Å². The van der Waals surface area contributed by atoms with Gasteiger partial charge in [0.05, 0.1) is 4.90 Å². The molecule has 3 N–H and O–H groups in total. The number of halogens is 1. The minimum Gasteiger partial charge on any atom is -0.326 e. The van der Waals surface area contributed by atoms with Gasteiger partial charge in [-0.25, -0.2) is 13.1 Å². The quantitative estimate of drug-likeness (QED) is 0.680. The number of hydrogen-bond acceptors (Lipinski definition) is 4. The summed E-state index contributed by atoms with van der Waals surface area (Å²) in [6, 6.07) is 4.59. The molecule has 0 aliphatic rings. The van der Waals surface area contributed by atoms with Gasteiger partial charge in [0.15, 0.2) is 0 Å². The van der Waals surface area contributed by atoms with E-state index >= 15 is 0 Å². The second-order valence-corrected chi connectivity index (χ2v) is 7.57. The van der Waals surface area contributed by atoms with Gasteiger partial charge in [-0.05, 0) is 48.6 Å². The lowest BCUT2D eigenvalue weighted by molar-refractivity contribution is 0.576. The van der Waals surface area contributed by atoms with Crippen LogP contribution >= 0.6 is 23.4 Å². The van der Waals surface area contributed by atoms with Crippen LogP contribution in [0.3, 0.4) is 0 Å². The average molecular weight is 337 g/mol. The molecule has 0 amide bonds. The number of nitrogens with two attached hydrogens (primary N) is 1. The van der Waals surface area contributed by atoms with E-state index in [1.54, 1.807) is 17.8 Å². The van der Waals surface area contributed by atoms with Crippen molar-refractivity contribution in [3.8, 4) is 0 Å². The number of benzene rings is 1. The van der Waals surface area contributed by atoms with E-state index in [9.17, 15) is 8.42 Å². The zero-order valence-corrected chi connectivity index (χ0v) is 14.0. The number of rotatable bonds is 9. The summed E-state index contributed by atoms with van der Waals surface area (Å²) in [7, 11) is -3.47. The SMILES string of the molecule is CSCCCCCNS(=O)(=O)c1ccc(Cl)c(CN)c1. The van der Waals surface area contributed by atoms with Crippen LogP contribution in [0.15, 0.2) is 23.1 Å². The third kappa shape index (κ3) is 5.61. The summed E-state index contributed by atoms with van der Waals surface area (Å²) in [5.74, 6) is 1.11. The molecule has 0 unspecified atom stereocenters. The molecule has 4 nitrogen and oxygen atoms in total. The highest BCUT2D eigenvalue weighted by Crippen LogP contribution is 2.20. The minimum atomic E-state index is -3.47. The van der Waals surface area contributed by atoms with Crippen molar-refractivity contribution in [2.45, 2.75) is 30.7 Å². The predicted octanol–water partition coefficient (Wildman–Crippen LogP) is 2.61. The third-order valence-electron chi connectivity index (χ3n) is 2.86. The predicted molar refractivity (Wildman–Crippen MR) is 86.8 cm³/mol. The van der Waals surface area contributed by atoms with Gasteiger partial charge in [0.25, 0.3) is 0 Å². The van der Waals surface area contributed by atoms with Gasteiger partial charge in [-0.3, -0.25) is 0 Å². The first kappa shape index (κ1) is 17.8. The van der Waals surface area contributed by atoms with E-state index in [2.05, 4.69) is 11.0 Å². The molecule has 1 aromatic rings. The van der Waals surface area contributed by atoms with E-state index in [-0.39, 0.29) is 11.4 Å². The minimum absolute atomic E-state index is 0.214. The van der Waals surface area contributed by atoms with E-state index < -0.39 is 10.0 Å².